The van der Waals surface area contributed by atoms with Crippen molar-refractivity contribution >= 4 is 11.8 Å². The standard InChI is InChI=1S/C16H18N2O4/c1-2-5-17-9-21-12-7-11-13(8-10(12)15(17)19)22-14-4-3-6-18(14)16(11)20/h7-8,14H,2-6,9H2,1H3. The van der Waals surface area contributed by atoms with Crippen LogP contribution in [-0.4, -0.2) is 47.7 Å². The van der Waals surface area contributed by atoms with Crippen molar-refractivity contribution in [3.05, 3.63) is 23.3 Å². The number of fused-ring (bicyclic) bond motifs is 3. The van der Waals surface area contributed by atoms with Crippen molar-refractivity contribution < 1.29 is 19.1 Å². The highest BCUT2D eigenvalue weighted by Gasteiger charge is 2.39. The van der Waals surface area contributed by atoms with Gasteiger partial charge in [-0.05, 0) is 25.0 Å². The molecule has 3 aliphatic heterocycles. The van der Waals surface area contributed by atoms with Crippen molar-refractivity contribution in [2.45, 2.75) is 32.4 Å². The van der Waals surface area contributed by atoms with Crippen LogP contribution in [0.1, 0.15) is 46.9 Å². The van der Waals surface area contributed by atoms with Crippen LogP contribution in [0.25, 0.3) is 0 Å². The molecule has 116 valence electrons. The van der Waals surface area contributed by atoms with Crippen molar-refractivity contribution in [2.75, 3.05) is 19.8 Å². The molecule has 0 aromatic heterocycles. The zero-order valence-corrected chi connectivity index (χ0v) is 12.5. The van der Waals surface area contributed by atoms with Crippen molar-refractivity contribution in [1.82, 2.24) is 9.80 Å². The molecule has 2 amide bonds. The number of benzene rings is 1. The number of rotatable bonds is 2. The van der Waals surface area contributed by atoms with E-state index in [1.807, 2.05) is 6.92 Å². The smallest absolute Gasteiger partial charge is 0.260 e. The normalized spacial score (nSPS) is 22.7. The van der Waals surface area contributed by atoms with Gasteiger partial charge in [-0.3, -0.25) is 9.59 Å². The van der Waals surface area contributed by atoms with Gasteiger partial charge in [-0.25, -0.2) is 0 Å². The van der Waals surface area contributed by atoms with E-state index in [2.05, 4.69) is 0 Å². The molecular formula is C16H18N2O4. The molecular weight excluding hydrogens is 284 g/mol. The average Bonchev–Trinajstić information content (AvgIpc) is 2.98. The van der Waals surface area contributed by atoms with Gasteiger partial charge >= 0.3 is 0 Å². The second-order valence-corrected chi connectivity index (χ2v) is 5.90. The number of ether oxygens (including phenoxy) is 2. The van der Waals surface area contributed by atoms with Crippen molar-refractivity contribution in [1.29, 1.82) is 0 Å². The summed E-state index contributed by atoms with van der Waals surface area (Å²) >= 11 is 0. The summed E-state index contributed by atoms with van der Waals surface area (Å²) in [4.78, 5) is 28.4. The molecule has 1 fully saturated rings. The lowest BCUT2D eigenvalue weighted by atomic mass is 10.0. The molecule has 1 atom stereocenters. The molecule has 3 aliphatic rings. The zero-order valence-electron chi connectivity index (χ0n) is 12.5. The molecule has 0 spiro atoms. The summed E-state index contributed by atoms with van der Waals surface area (Å²) in [5.74, 6) is 0.891. The monoisotopic (exact) mass is 302 g/mol. The minimum Gasteiger partial charge on any atom is -0.472 e. The molecule has 1 aromatic carbocycles. The lowest BCUT2D eigenvalue weighted by molar-refractivity contribution is 0.0283. The first-order chi connectivity index (χ1) is 10.7. The largest absolute Gasteiger partial charge is 0.472 e. The Bertz CT molecular complexity index is 658. The number of hydrogen-bond donors (Lipinski definition) is 0. The Kier molecular flexibility index (Phi) is 2.99. The van der Waals surface area contributed by atoms with Crippen LogP contribution < -0.4 is 9.47 Å². The molecule has 6 heteroatoms. The third-order valence-electron chi connectivity index (χ3n) is 4.42. The Balaban J connectivity index is 1.74. The van der Waals surface area contributed by atoms with Crippen molar-refractivity contribution in [3.63, 3.8) is 0 Å². The van der Waals surface area contributed by atoms with E-state index in [0.29, 0.717) is 29.2 Å². The minimum absolute atomic E-state index is 0.0291. The van der Waals surface area contributed by atoms with E-state index >= 15 is 0 Å². The maximum absolute atomic E-state index is 12.5. The van der Waals surface area contributed by atoms with Gasteiger partial charge in [0, 0.05) is 19.5 Å². The van der Waals surface area contributed by atoms with Crippen LogP contribution in [0, 0.1) is 0 Å². The minimum atomic E-state index is -0.190. The number of carbonyl (C=O) groups excluding carboxylic acids is 2. The van der Waals surface area contributed by atoms with Gasteiger partial charge in [-0.1, -0.05) is 6.92 Å². The third-order valence-corrected chi connectivity index (χ3v) is 4.42. The summed E-state index contributed by atoms with van der Waals surface area (Å²) in [5.41, 5.74) is 0.978. The quantitative estimate of drug-likeness (QED) is 0.836. The lowest BCUT2D eigenvalue weighted by Gasteiger charge is -2.34. The molecule has 0 bridgehead atoms. The van der Waals surface area contributed by atoms with Gasteiger partial charge in [-0.15, -0.1) is 0 Å². The van der Waals surface area contributed by atoms with Crippen molar-refractivity contribution in [3.8, 4) is 11.5 Å². The maximum Gasteiger partial charge on any atom is 0.260 e. The van der Waals surface area contributed by atoms with Gasteiger partial charge in [0.25, 0.3) is 11.8 Å². The fourth-order valence-corrected chi connectivity index (χ4v) is 3.32. The van der Waals surface area contributed by atoms with Gasteiger partial charge < -0.3 is 19.3 Å². The topological polar surface area (TPSA) is 59.1 Å². The molecule has 22 heavy (non-hydrogen) atoms. The van der Waals surface area contributed by atoms with E-state index in [4.69, 9.17) is 9.47 Å². The molecule has 1 aromatic rings. The molecule has 0 radical (unpaired) electrons. The zero-order chi connectivity index (χ0) is 15.3. The molecule has 0 aliphatic carbocycles. The van der Waals surface area contributed by atoms with E-state index in [-0.39, 0.29) is 24.8 Å². The molecule has 3 heterocycles. The summed E-state index contributed by atoms with van der Waals surface area (Å²) in [5, 5.41) is 0. The molecule has 1 unspecified atom stereocenters. The Morgan fingerprint density at radius 1 is 1.18 bits per heavy atom. The Morgan fingerprint density at radius 2 is 1.95 bits per heavy atom. The highest BCUT2D eigenvalue weighted by molar-refractivity contribution is 6.03. The van der Waals surface area contributed by atoms with Crippen LogP contribution in [0.4, 0.5) is 0 Å². The Labute approximate surface area is 128 Å². The third kappa shape index (κ3) is 1.86. The molecule has 6 nitrogen and oxygen atoms in total. The van der Waals surface area contributed by atoms with Crippen LogP contribution >= 0.6 is 0 Å². The molecule has 0 N–H and O–H groups in total. The first-order valence-electron chi connectivity index (χ1n) is 7.77. The van der Waals surface area contributed by atoms with Crippen LogP contribution in [0.2, 0.25) is 0 Å². The van der Waals surface area contributed by atoms with Crippen molar-refractivity contribution in [2.24, 2.45) is 0 Å². The fourth-order valence-electron chi connectivity index (χ4n) is 3.32. The van der Waals surface area contributed by atoms with E-state index in [9.17, 15) is 9.59 Å². The van der Waals surface area contributed by atoms with Gasteiger partial charge in [0.05, 0.1) is 11.1 Å². The lowest BCUT2D eigenvalue weighted by Crippen LogP contribution is -2.44. The first kappa shape index (κ1) is 13.4. The Hall–Kier alpha value is -2.24. The summed E-state index contributed by atoms with van der Waals surface area (Å²) in [6.45, 7) is 3.64. The number of carbonyl (C=O) groups is 2. The predicted molar refractivity (Wildman–Crippen MR) is 78.0 cm³/mol. The summed E-state index contributed by atoms with van der Waals surface area (Å²) in [7, 11) is 0. The SMILES string of the molecule is CCCN1COc2cc3c(cc2C1=O)OC1CCCN1C3=O. The van der Waals surface area contributed by atoms with Gasteiger partial charge in [0.1, 0.15) is 11.5 Å². The number of nitrogens with zero attached hydrogens (tertiary/aromatic N) is 2. The second kappa shape index (κ2) is 4.90. The maximum atomic E-state index is 12.5. The van der Waals surface area contributed by atoms with Crippen LogP contribution in [-0.2, 0) is 0 Å². The van der Waals surface area contributed by atoms with E-state index in [0.717, 1.165) is 25.8 Å². The Morgan fingerprint density at radius 3 is 2.77 bits per heavy atom. The number of amides is 2. The van der Waals surface area contributed by atoms with E-state index in [1.165, 1.54) is 0 Å². The molecule has 4 rings (SSSR count). The van der Waals surface area contributed by atoms with Gasteiger partial charge in [-0.2, -0.15) is 0 Å². The van der Waals surface area contributed by atoms with Crippen LogP contribution in [0.3, 0.4) is 0 Å². The molecule has 0 saturated carbocycles. The summed E-state index contributed by atoms with van der Waals surface area (Å²) < 4.78 is 11.6. The van der Waals surface area contributed by atoms with Gasteiger partial charge in [0.15, 0.2) is 13.0 Å². The van der Waals surface area contributed by atoms with Crippen LogP contribution in [0.5, 0.6) is 11.5 Å². The fraction of sp³-hybridized carbons (Fsp3) is 0.500. The number of hydrogen-bond acceptors (Lipinski definition) is 4. The highest BCUT2D eigenvalue weighted by Crippen LogP contribution is 2.38. The van der Waals surface area contributed by atoms with Gasteiger partial charge in [0.2, 0.25) is 0 Å². The first-order valence-corrected chi connectivity index (χ1v) is 7.77. The summed E-state index contributed by atoms with van der Waals surface area (Å²) in [6, 6.07) is 3.32. The van der Waals surface area contributed by atoms with E-state index in [1.54, 1.807) is 21.9 Å². The second-order valence-electron chi connectivity index (χ2n) is 5.90. The average molecular weight is 302 g/mol. The van der Waals surface area contributed by atoms with E-state index < -0.39 is 0 Å². The van der Waals surface area contributed by atoms with Crippen LogP contribution in [0.15, 0.2) is 12.1 Å². The summed E-state index contributed by atoms with van der Waals surface area (Å²) in [6.07, 6.45) is 2.48. The predicted octanol–water partition coefficient (Wildman–Crippen LogP) is 1.84. The highest BCUT2D eigenvalue weighted by atomic mass is 16.5. The molecule has 1 saturated heterocycles.